The van der Waals surface area contributed by atoms with Crippen LogP contribution in [0.2, 0.25) is 0 Å². The maximum Gasteiger partial charge on any atom is 0.0552 e. The Balaban J connectivity index is 2.05. The van der Waals surface area contributed by atoms with Crippen LogP contribution >= 0.6 is 27.7 Å². The molecule has 0 radical (unpaired) electrons. The minimum absolute atomic E-state index is 1.04. The van der Waals surface area contributed by atoms with Gasteiger partial charge in [0.1, 0.15) is 0 Å². The van der Waals surface area contributed by atoms with E-state index in [1.54, 1.807) is 0 Å². The lowest BCUT2D eigenvalue weighted by Crippen LogP contribution is -2.22. The first-order chi connectivity index (χ1) is 8.90. The van der Waals surface area contributed by atoms with Crippen LogP contribution in [0.25, 0.3) is 0 Å². The summed E-state index contributed by atoms with van der Waals surface area (Å²) in [6.45, 7) is 1.06. The van der Waals surface area contributed by atoms with Crippen LogP contribution in [0, 0.1) is 0 Å². The number of para-hydroxylation sites is 2. The zero-order valence-corrected chi connectivity index (χ0v) is 12.4. The maximum atomic E-state index is 3.52. The minimum atomic E-state index is 1.04. The third kappa shape index (κ3) is 2.17. The van der Waals surface area contributed by atoms with Gasteiger partial charge in [-0.1, -0.05) is 52.0 Å². The van der Waals surface area contributed by atoms with Crippen molar-refractivity contribution in [1.82, 2.24) is 0 Å². The Labute approximate surface area is 120 Å². The molecule has 0 bridgehead atoms. The molecule has 0 atom stereocenters. The highest BCUT2D eigenvalue weighted by Crippen LogP contribution is 2.47. The lowest BCUT2D eigenvalue weighted by Gasteiger charge is -2.32. The highest BCUT2D eigenvalue weighted by atomic mass is 79.9. The molecule has 2 aromatic carbocycles. The molecular formula is C15H14BrNS. The molecule has 0 aliphatic carbocycles. The number of hydrogen-bond donors (Lipinski definition) is 0. The van der Waals surface area contributed by atoms with Gasteiger partial charge in [-0.2, -0.15) is 0 Å². The van der Waals surface area contributed by atoms with Crippen molar-refractivity contribution in [3.05, 3.63) is 48.5 Å². The number of rotatable bonds is 3. The number of benzene rings is 2. The molecule has 3 heteroatoms. The Kier molecular flexibility index (Phi) is 3.62. The molecule has 1 aliphatic rings. The Morgan fingerprint density at radius 1 is 0.889 bits per heavy atom. The highest BCUT2D eigenvalue weighted by molar-refractivity contribution is 9.09. The first kappa shape index (κ1) is 12.1. The molecule has 2 aromatic rings. The molecule has 0 fully saturated rings. The van der Waals surface area contributed by atoms with E-state index in [2.05, 4.69) is 69.4 Å². The van der Waals surface area contributed by atoms with Gasteiger partial charge in [0.05, 0.1) is 11.4 Å². The molecular weight excluding hydrogens is 306 g/mol. The fraction of sp³-hybridized carbons (Fsp3) is 0.200. The van der Waals surface area contributed by atoms with Gasteiger partial charge in [-0.25, -0.2) is 0 Å². The standard InChI is InChI=1S/C15H14BrNS/c16-10-5-11-17-12-6-1-3-8-14(12)18-15-9-4-2-7-13(15)17/h1-4,6-9H,5,10-11H2. The SMILES string of the molecule is BrCCCN1c2ccccc2Sc2ccccc21. The number of alkyl halides is 1. The lowest BCUT2D eigenvalue weighted by molar-refractivity contribution is 0.877. The molecule has 0 N–H and O–H groups in total. The Morgan fingerprint density at radius 3 is 2.00 bits per heavy atom. The maximum absolute atomic E-state index is 3.52. The fourth-order valence-electron chi connectivity index (χ4n) is 2.24. The van der Waals surface area contributed by atoms with Crippen molar-refractivity contribution in [2.24, 2.45) is 0 Å². The van der Waals surface area contributed by atoms with Crippen molar-refractivity contribution in [3.8, 4) is 0 Å². The number of hydrogen-bond acceptors (Lipinski definition) is 2. The average Bonchev–Trinajstić information content (AvgIpc) is 2.43. The van der Waals surface area contributed by atoms with Crippen molar-refractivity contribution in [3.63, 3.8) is 0 Å². The van der Waals surface area contributed by atoms with Crippen LogP contribution in [0.15, 0.2) is 58.3 Å². The van der Waals surface area contributed by atoms with Crippen LogP contribution < -0.4 is 4.90 Å². The summed E-state index contributed by atoms with van der Waals surface area (Å²) >= 11 is 5.39. The Hall–Kier alpha value is -0.930. The largest absolute Gasteiger partial charge is 0.340 e. The summed E-state index contributed by atoms with van der Waals surface area (Å²) in [7, 11) is 0. The summed E-state index contributed by atoms with van der Waals surface area (Å²) < 4.78 is 0. The van der Waals surface area contributed by atoms with E-state index < -0.39 is 0 Å². The second kappa shape index (κ2) is 5.37. The molecule has 1 nitrogen and oxygen atoms in total. The molecule has 1 heterocycles. The fourth-order valence-corrected chi connectivity index (χ4v) is 3.59. The van der Waals surface area contributed by atoms with Crippen molar-refractivity contribution in [2.75, 3.05) is 16.8 Å². The van der Waals surface area contributed by atoms with Crippen molar-refractivity contribution >= 4 is 39.1 Å². The van der Waals surface area contributed by atoms with Gasteiger partial charge < -0.3 is 4.90 Å². The van der Waals surface area contributed by atoms with Crippen LogP contribution in [-0.2, 0) is 0 Å². The summed E-state index contributed by atoms with van der Waals surface area (Å²) in [4.78, 5) is 5.14. The molecule has 1 aliphatic heterocycles. The summed E-state index contributed by atoms with van der Waals surface area (Å²) in [6, 6.07) is 17.3. The Morgan fingerprint density at radius 2 is 1.44 bits per heavy atom. The van der Waals surface area contributed by atoms with Crippen molar-refractivity contribution in [2.45, 2.75) is 16.2 Å². The number of fused-ring (bicyclic) bond motifs is 2. The van der Waals surface area contributed by atoms with Crippen LogP contribution in [0.1, 0.15) is 6.42 Å². The smallest absolute Gasteiger partial charge is 0.0552 e. The number of nitrogens with zero attached hydrogens (tertiary/aromatic N) is 1. The summed E-state index contributed by atoms with van der Waals surface area (Å²) in [5.74, 6) is 0. The topological polar surface area (TPSA) is 3.24 Å². The van der Waals surface area contributed by atoms with E-state index in [1.165, 1.54) is 21.2 Å². The van der Waals surface area contributed by atoms with E-state index in [4.69, 9.17) is 0 Å². The summed E-state index contributed by atoms with van der Waals surface area (Å²) in [6.07, 6.45) is 1.15. The van der Waals surface area contributed by atoms with Gasteiger partial charge in [0.25, 0.3) is 0 Å². The van der Waals surface area contributed by atoms with Crippen molar-refractivity contribution in [1.29, 1.82) is 0 Å². The van der Waals surface area contributed by atoms with E-state index >= 15 is 0 Å². The minimum Gasteiger partial charge on any atom is -0.340 e. The third-order valence-electron chi connectivity index (χ3n) is 3.05. The van der Waals surface area contributed by atoms with Crippen molar-refractivity contribution < 1.29 is 0 Å². The zero-order valence-electron chi connectivity index (χ0n) is 9.97. The molecule has 0 saturated carbocycles. The van der Waals surface area contributed by atoms with Crippen LogP contribution in [0.4, 0.5) is 11.4 Å². The molecule has 92 valence electrons. The van der Waals surface area contributed by atoms with E-state index in [1.807, 2.05) is 11.8 Å². The summed E-state index contributed by atoms with van der Waals surface area (Å²) in [5.41, 5.74) is 2.67. The zero-order chi connectivity index (χ0) is 12.4. The van der Waals surface area contributed by atoms with E-state index in [0.29, 0.717) is 0 Å². The number of halogens is 1. The summed E-state index contributed by atoms with van der Waals surface area (Å²) in [5, 5.41) is 1.04. The predicted octanol–water partition coefficient (Wildman–Crippen LogP) is 5.07. The second-order valence-corrected chi connectivity index (χ2v) is 6.11. The second-order valence-electron chi connectivity index (χ2n) is 4.23. The van der Waals surface area contributed by atoms with Crippen LogP contribution in [0.3, 0.4) is 0 Å². The van der Waals surface area contributed by atoms with Gasteiger partial charge in [-0.3, -0.25) is 0 Å². The molecule has 18 heavy (non-hydrogen) atoms. The number of anilines is 2. The van der Waals surface area contributed by atoms with Gasteiger partial charge in [0, 0.05) is 21.7 Å². The van der Waals surface area contributed by atoms with E-state index in [0.717, 1.165) is 18.3 Å². The van der Waals surface area contributed by atoms with Gasteiger partial charge >= 0.3 is 0 Å². The third-order valence-corrected chi connectivity index (χ3v) is 4.74. The normalized spacial score (nSPS) is 13.1. The molecule has 3 rings (SSSR count). The lowest BCUT2D eigenvalue weighted by atomic mass is 10.2. The molecule has 0 saturated heterocycles. The monoisotopic (exact) mass is 319 g/mol. The van der Waals surface area contributed by atoms with Gasteiger partial charge in [-0.05, 0) is 30.7 Å². The van der Waals surface area contributed by atoms with Gasteiger partial charge in [0.15, 0.2) is 0 Å². The highest BCUT2D eigenvalue weighted by Gasteiger charge is 2.21. The molecule has 0 amide bonds. The Bertz CT molecular complexity index is 510. The molecule has 0 spiro atoms. The van der Waals surface area contributed by atoms with Gasteiger partial charge in [-0.15, -0.1) is 0 Å². The van der Waals surface area contributed by atoms with Crippen LogP contribution in [-0.4, -0.2) is 11.9 Å². The average molecular weight is 320 g/mol. The van der Waals surface area contributed by atoms with E-state index in [-0.39, 0.29) is 0 Å². The molecule has 0 unspecified atom stereocenters. The van der Waals surface area contributed by atoms with Crippen LogP contribution in [0.5, 0.6) is 0 Å². The first-order valence-electron chi connectivity index (χ1n) is 6.09. The molecule has 0 aromatic heterocycles. The van der Waals surface area contributed by atoms with E-state index in [9.17, 15) is 0 Å². The predicted molar refractivity (Wildman–Crippen MR) is 82.4 cm³/mol. The first-order valence-corrected chi connectivity index (χ1v) is 8.03. The quantitative estimate of drug-likeness (QED) is 0.726. The van der Waals surface area contributed by atoms with Gasteiger partial charge in [0.2, 0.25) is 0 Å².